The molecule has 28 heavy (non-hydrogen) atoms. The SMILES string of the molecule is CS(=O)(=O)C1CCC(CC=O)(OCS(=O)(=O)C2CCC(O)(CC=O)CC2)CC1. The van der Waals surface area contributed by atoms with Crippen LogP contribution in [0.15, 0.2) is 0 Å². The van der Waals surface area contributed by atoms with Gasteiger partial charge in [-0.1, -0.05) is 0 Å². The number of carbonyl (C=O) groups excluding carboxylic acids is 2. The van der Waals surface area contributed by atoms with E-state index >= 15 is 0 Å². The molecule has 0 radical (unpaired) electrons. The van der Waals surface area contributed by atoms with Gasteiger partial charge < -0.3 is 19.4 Å². The summed E-state index contributed by atoms with van der Waals surface area (Å²) in [6, 6.07) is 0. The zero-order valence-electron chi connectivity index (χ0n) is 16.2. The fourth-order valence-electron chi connectivity index (χ4n) is 4.26. The lowest BCUT2D eigenvalue weighted by Crippen LogP contribution is -2.44. The first kappa shape index (κ1) is 23.4. The highest BCUT2D eigenvalue weighted by Gasteiger charge is 2.42. The van der Waals surface area contributed by atoms with Crippen molar-refractivity contribution in [1.82, 2.24) is 0 Å². The molecule has 0 aliphatic heterocycles. The van der Waals surface area contributed by atoms with E-state index in [4.69, 9.17) is 4.74 Å². The quantitative estimate of drug-likeness (QED) is 0.526. The van der Waals surface area contributed by atoms with Gasteiger partial charge >= 0.3 is 0 Å². The summed E-state index contributed by atoms with van der Waals surface area (Å²) in [5, 5.41) is 9.11. The molecular weight excluding hydrogens is 408 g/mol. The lowest BCUT2D eigenvalue weighted by atomic mass is 9.82. The molecule has 0 heterocycles. The molecule has 2 fully saturated rings. The fraction of sp³-hybridized carbons (Fsp3) is 0.889. The van der Waals surface area contributed by atoms with Crippen LogP contribution in [0, 0.1) is 0 Å². The van der Waals surface area contributed by atoms with Crippen LogP contribution in [0.3, 0.4) is 0 Å². The molecule has 0 spiro atoms. The molecule has 0 aromatic carbocycles. The van der Waals surface area contributed by atoms with Crippen molar-refractivity contribution in [2.45, 2.75) is 85.9 Å². The Hall–Kier alpha value is -0.840. The number of aliphatic hydroxyl groups is 1. The highest BCUT2D eigenvalue weighted by molar-refractivity contribution is 7.92. The van der Waals surface area contributed by atoms with Crippen LogP contribution in [0.1, 0.15) is 64.2 Å². The maximum absolute atomic E-state index is 12.7. The highest BCUT2D eigenvalue weighted by atomic mass is 32.2. The molecule has 0 aromatic heterocycles. The van der Waals surface area contributed by atoms with Crippen molar-refractivity contribution in [1.29, 1.82) is 0 Å². The van der Waals surface area contributed by atoms with E-state index in [0.29, 0.717) is 38.3 Å². The predicted molar refractivity (Wildman–Crippen MR) is 103 cm³/mol. The standard InChI is InChI=1S/C18H30O8S2/c1-27(22,23)15-4-8-18(9-5-15,11-13-20)26-14-28(24,25)16-2-6-17(21,7-3-16)10-12-19/h12-13,15-16,21H,2-11,14H2,1H3. The van der Waals surface area contributed by atoms with E-state index in [1.807, 2.05) is 0 Å². The van der Waals surface area contributed by atoms with Crippen LogP contribution in [0.4, 0.5) is 0 Å². The molecule has 2 aliphatic rings. The second kappa shape index (κ2) is 8.89. The van der Waals surface area contributed by atoms with Crippen LogP contribution in [-0.4, -0.2) is 68.4 Å². The molecule has 2 aliphatic carbocycles. The van der Waals surface area contributed by atoms with Gasteiger partial charge in [-0.15, -0.1) is 0 Å². The van der Waals surface area contributed by atoms with Crippen LogP contribution in [-0.2, 0) is 34.0 Å². The molecule has 8 nitrogen and oxygen atoms in total. The zero-order valence-corrected chi connectivity index (χ0v) is 17.8. The van der Waals surface area contributed by atoms with Gasteiger partial charge in [0.05, 0.1) is 21.7 Å². The highest BCUT2D eigenvalue weighted by Crippen LogP contribution is 2.38. The van der Waals surface area contributed by atoms with Gasteiger partial charge in [-0.2, -0.15) is 0 Å². The number of carbonyl (C=O) groups is 2. The summed E-state index contributed by atoms with van der Waals surface area (Å²) in [6.07, 6.45) is 4.88. The molecule has 1 N–H and O–H groups in total. The number of rotatable bonds is 9. The minimum Gasteiger partial charge on any atom is -0.389 e. The Kier molecular flexibility index (Phi) is 7.44. The number of ether oxygens (including phenoxy) is 1. The first-order chi connectivity index (χ1) is 13.0. The normalized spacial score (nSPS) is 34.6. The number of sulfone groups is 2. The van der Waals surface area contributed by atoms with Crippen molar-refractivity contribution >= 4 is 32.2 Å². The number of aldehydes is 2. The van der Waals surface area contributed by atoms with Crippen LogP contribution in [0.25, 0.3) is 0 Å². The maximum Gasteiger partial charge on any atom is 0.177 e. The average molecular weight is 439 g/mol. The summed E-state index contributed by atoms with van der Waals surface area (Å²) in [5.74, 6) is -0.527. The van der Waals surface area contributed by atoms with Gasteiger partial charge in [-0.25, -0.2) is 16.8 Å². The van der Waals surface area contributed by atoms with Crippen LogP contribution in [0.5, 0.6) is 0 Å². The molecule has 0 amide bonds. The Morgan fingerprint density at radius 3 is 1.86 bits per heavy atom. The van der Waals surface area contributed by atoms with Crippen LogP contribution >= 0.6 is 0 Å². The van der Waals surface area contributed by atoms with Gasteiger partial charge in [0.15, 0.2) is 9.84 Å². The summed E-state index contributed by atoms with van der Waals surface area (Å²) in [7, 11) is -6.78. The molecule has 0 atom stereocenters. The molecule has 0 bridgehead atoms. The van der Waals surface area contributed by atoms with E-state index in [0.717, 1.165) is 0 Å². The summed E-state index contributed by atoms with van der Waals surface area (Å²) >= 11 is 0. The van der Waals surface area contributed by atoms with Crippen LogP contribution in [0.2, 0.25) is 0 Å². The molecule has 162 valence electrons. The molecule has 0 saturated heterocycles. The Labute approximate surface area is 166 Å². The van der Waals surface area contributed by atoms with Crippen LogP contribution < -0.4 is 0 Å². The Morgan fingerprint density at radius 2 is 1.39 bits per heavy atom. The van der Waals surface area contributed by atoms with E-state index in [1.165, 1.54) is 6.26 Å². The summed E-state index contributed by atoms with van der Waals surface area (Å²) < 4.78 is 54.6. The summed E-state index contributed by atoms with van der Waals surface area (Å²) in [6.45, 7) is 0. The Bertz CT molecular complexity index is 755. The van der Waals surface area contributed by atoms with Gasteiger partial charge in [0, 0.05) is 19.1 Å². The molecule has 10 heteroatoms. The van der Waals surface area contributed by atoms with Crippen molar-refractivity contribution in [3.05, 3.63) is 0 Å². The van der Waals surface area contributed by atoms with E-state index in [9.17, 15) is 31.5 Å². The largest absolute Gasteiger partial charge is 0.389 e. The Morgan fingerprint density at radius 1 is 0.893 bits per heavy atom. The molecular formula is C18H30O8S2. The lowest BCUT2D eigenvalue weighted by Gasteiger charge is -2.39. The van der Waals surface area contributed by atoms with E-state index < -0.39 is 47.3 Å². The van der Waals surface area contributed by atoms with Crippen molar-refractivity contribution in [2.75, 3.05) is 12.2 Å². The van der Waals surface area contributed by atoms with Crippen molar-refractivity contribution in [2.24, 2.45) is 0 Å². The Balaban J connectivity index is 1.98. The van der Waals surface area contributed by atoms with E-state index in [-0.39, 0.29) is 38.5 Å². The van der Waals surface area contributed by atoms with Crippen molar-refractivity contribution < 1.29 is 36.3 Å². The first-order valence-electron chi connectivity index (χ1n) is 9.59. The summed E-state index contributed by atoms with van der Waals surface area (Å²) in [4.78, 5) is 21.8. The third-order valence-electron chi connectivity index (χ3n) is 6.27. The third kappa shape index (κ3) is 5.84. The molecule has 2 saturated carbocycles. The van der Waals surface area contributed by atoms with Gasteiger partial charge in [-0.3, -0.25) is 0 Å². The smallest absolute Gasteiger partial charge is 0.177 e. The van der Waals surface area contributed by atoms with Gasteiger partial charge in [0.25, 0.3) is 0 Å². The number of hydrogen-bond acceptors (Lipinski definition) is 8. The zero-order chi connectivity index (χ0) is 21.1. The molecule has 2 rings (SSSR count). The maximum atomic E-state index is 12.7. The van der Waals surface area contributed by atoms with E-state index in [2.05, 4.69) is 0 Å². The lowest BCUT2D eigenvalue weighted by molar-refractivity contribution is -0.117. The van der Waals surface area contributed by atoms with Crippen molar-refractivity contribution in [3.63, 3.8) is 0 Å². The molecule has 0 unspecified atom stereocenters. The van der Waals surface area contributed by atoms with E-state index in [1.54, 1.807) is 0 Å². The topological polar surface area (TPSA) is 132 Å². The minimum atomic E-state index is -3.60. The second-order valence-corrected chi connectivity index (χ2v) is 12.9. The summed E-state index contributed by atoms with van der Waals surface area (Å²) in [5.41, 5.74) is -2.07. The predicted octanol–water partition coefficient (Wildman–Crippen LogP) is 0.953. The second-order valence-electron chi connectivity index (χ2n) is 8.30. The van der Waals surface area contributed by atoms with Gasteiger partial charge in [-0.05, 0) is 51.4 Å². The third-order valence-corrected chi connectivity index (χ3v) is 9.88. The van der Waals surface area contributed by atoms with Gasteiger partial charge in [0.2, 0.25) is 0 Å². The average Bonchev–Trinajstić information content (AvgIpc) is 2.61. The molecule has 0 aromatic rings. The minimum absolute atomic E-state index is 0.000215. The van der Waals surface area contributed by atoms with Crippen molar-refractivity contribution in [3.8, 4) is 0 Å². The first-order valence-corrected chi connectivity index (χ1v) is 13.3. The fourth-order valence-corrected chi connectivity index (χ4v) is 6.91. The van der Waals surface area contributed by atoms with Gasteiger partial charge in [0.1, 0.15) is 28.3 Å². The monoisotopic (exact) mass is 438 g/mol. The number of hydrogen-bond donors (Lipinski definition) is 1.